The molecule has 0 unspecified atom stereocenters. The number of esters is 1. The fourth-order valence-electron chi connectivity index (χ4n) is 2.45. The van der Waals surface area contributed by atoms with Crippen LogP contribution in [-0.2, 0) is 16.1 Å². The molecule has 5 nitrogen and oxygen atoms in total. The number of nitrogens with zero attached hydrogens (tertiary/aromatic N) is 3. The largest absolute Gasteiger partial charge is 0.468 e. The van der Waals surface area contributed by atoms with Crippen LogP contribution in [0.4, 0.5) is 0 Å². The summed E-state index contributed by atoms with van der Waals surface area (Å²) >= 11 is 0. The fourth-order valence-corrected chi connectivity index (χ4v) is 2.45. The second kappa shape index (κ2) is 6.80. The summed E-state index contributed by atoms with van der Waals surface area (Å²) in [5.74, 6) is -0.379. The molecule has 0 aliphatic rings. The lowest BCUT2D eigenvalue weighted by Crippen LogP contribution is -2.13. The van der Waals surface area contributed by atoms with Crippen LogP contribution in [0.5, 0.6) is 0 Å². The molecule has 5 heteroatoms. The Bertz CT molecular complexity index is 908. The first-order valence-corrected chi connectivity index (χ1v) is 7.42. The van der Waals surface area contributed by atoms with E-state index in [0.29, 0.717) is 5.56 Å². The molecule has 0 N–H and O–H groups in total. The van der Waals surface area contributed by atoms with Crippen molar-refractivity contribution < 1.29 is 9.53 Å². The van der Waals surface area contributed by atoms with Crippen molar-refractivity contribution in [2.45, 2.75) is 6.54 Å². The molecule has 0 bridgehead atoms. The molecule has 1 aromatic heterocycles. The van der Waals surface area contributed by atoms with Crippen LogP contribution in [0, 0.1) is 11.3 Å². The molecule has 2 aromatic carbocycles. The summed E-state index contributed by atoms with van der Waals surface area (Å²) in [6.07, 6.45) is 0. The predicted molar refractivity (Wildman–Crippen MR) is 89.8 cm³/mol. The van der Waals surface area contributed by atoms with Gasteiger partial charge in [-0.05, 0) is 18.2 Å². The van der Waals surface area contributed by atoms with Crippen molar-refractivity contribution in [3.8, 4) is 28.6 Å². The van der Waals surface area contributed by atoms with Gasteiger partial charge in [0.15, 0.2) is 0 Å². The number of nitriles is 1. The molecule has 118 valence electrons. The quantitative estimate of drug-likeness (QED) is 0.693. The Morgan fingerprint density at radius 2 is 1.88 bits per heavy atom. The second-order valence-corrected chi connectivity index (χ2v) is 5.21. The highest BCUT2D eigenvalue weighted by Crippen LogP contribution is 2.26. The minimum Gasteiger partial charge on any atom is -0.468 e. The lowest BCUT2D eigenvalue weighted by atomic mass is 10.1. The number of carbonyl (C=O) groups excluding carboxylic acids is 1. The molecule has 1 heterocycles. The topological polar surface area (TPSA) is 67.9 Å². The third-order valence-corrected chi connectivity index (χ3v) is 3.64. The van der Waals surface area contributed by atoms with Crippen LogP contribution >= 0.6 is 0 Å². The summed E-state index contributed by atoms with van der Waals surface area (Å²) in [6.45, 7) is 0.00937. The number of aromatic nitrogens is 2. The Morgan fingerprint density at radius 1 is 1.12 bits per heavy atom. The summed E-state index contributed by atoms with van der Waals surface area (Å²) in [6, 6.07) is 21.0. The summed E-state index contributed by atoms with van der Waals surface area (Å²) in [7, 11) is 1.35. The van der Waals surface area contributed by atoms with Crippen molar-refractivity contribution in [1.29, 1.82) is 5.26 Å². The third kappa shape index (κ3) is 3.18. The number of benzene rings is 2. The van der Waals surface area contributed by atoms with Gasteiger partial charge in [0.2, 0.25) is 0 Å². The van der Waals surface area contributed by atoms with E-state index >= 15 is 0 Å². The zero-order valence-electron chi connectivity index (χ0n) is 13.1. The van der Waals surface area contributed by atoms with Crippen LogP contribution in [0.2, 0.25) is 0 Å². The van der Waals surface area contributed by atoms with E-state index in [4.69, 9.17) is 10.00 Å². The Labute approximate surface area is 139 Å². The summed E-state index contributed by atoms with van der Waals surface area (Å²) in [4.78, 5) is 11.7. The van der Waals surface area contributed by atoms with Crippen molar-refractivity contribution in [3.05, 3.63) is 66.2 Å². The van der Waals surface area contributed by atoms with Crippen molar-refractivity contribution in [2.24, 2.45) is 0 Å². The monoisotopic (exact) mass is 317 g/mol. The minimum absolute atomic E-state index is 0.00937. The second-order valence-electron chi connectivity index (χ2n) is 5.21. The maximum absolute atomic E-state index is 11.7. The van der Waals surface area contributed by atoms with E-state index in [1.54, 1.807) is 16.8 Å². The van der Waals surface area contributed by atoms with Crippen molar-refractivity contribution in [3.63, 3.8) is 0 Å². The molecule has 0 aliphatic carbocycles. The molecule has 3 rings (SSSR count). The zero-order valence-corrected chi connectivity index (χ0v) is 13.1. The zero-order chi connectivity index (χ0) is 16.9. The molecule has 0 radical (unpaired) electrons. The minimum atomic E-state index is -0.379. The number of rotatable bonds is 4. The van der Waals surface area contributed by atoms with Gasteiger partial charge in [0.05, 0.1) is 30.1 Å². The molecule has 24 heavy (non-hydrogen) atoms. The van der Waals surface area contributed by atoms with Gasteiger partial charge in [-0.1, -0.05) is 42.5 Å². The van der Waals surface area contributed by atoms with Crippen LogP contribution in [-0.4, -0.2) is 22.9 Å². The van der Waals surface area contributed by atoms with Crippen LogP contribution in [0.25, 0.3) is 22.5 Å². The molecule has 0 fully saturated rings. The van der Waals surface area contributed by atoms with E-state index in [0.717, 1.165) is 22.5 Å². The van der Waals surface area contributed by atoms with E-state index in [1.165, 1.54) is 7.11 Å². The SMILES string of the molecule is COC(=O)Cn1nc(-c2ccccc2)cc1-c1cccc(C#N)c1. The average Bonchev–Trinajstić information content (AvgIpc) is 3.06. The van der Waals surface area contributed by atoms with Gasteiger partial charge in [-0.2, -0.15) is 10.4 Å². The van der Waals surface area contributed by atoms with Gasteiger partial charge in [0.1, 0.15) is 6.54 Å². The van der Waals surface area contributed by atoms with Crippen LogP contribution in [0.1, 0.15) is 5.56 Å². The third-order valence-electron chi connectivity index (χ3n) is 3.64. The van der Waals surface area contributed by atoms with Gasteiger partial charge in [-0.15, -0.1) is 0 Å². The molecule has 0 amide bonds. The number of methoxy groups -OCH3 is 1. The summed E-state index contributed by atoms with van der Waals surface area (Å²) in [5, 5.41) is 13.6. The normalized spacial score (nSPS) is 10.2. The van der Waals surface area contributed by atoms with Crippen LogP contribution < -0.4 is 0 Å². The highest BCUT2D eigenvalue weighted by molar-refractivity contribution is 5.73. The van der Waals surface area contributed by atoms with Gasteiger partial charge < -0.3 is 4.74 Å². The van der Waals surface area contributed by atoms with Crippen molar-refractivity contribution >= 4 is 5.97 Å². The first-order chi connectivity index (χ1) is 11.7. The van der Waals surface area contributed by atoms with E-state index < -0.39 is 0 Å². The highest BCUT2D eigenvalue weighted by atomic mass is 16.5. The van der Waals surface area contributed by atoms with Gasteiger partial charge in [0, 0.05) is 11.1 Å². The Kier molecular flexibility index (Phi) is 4.39. The summed E-state index contributed by atoms with van der Waals surface area (Å²) < 4.78 is 6.35. The van der Waals surface area contributed by atoms with E-state index in [2.05, 4.69) is 11.2 Å². The molecule has 0 saturated carbocycles. The van der Waals surface area contributed by atoms with Crippen LogP contribution in [0.3, 0.4) is 0 Å². The molecular weight excluding hydrogens is 302 g/mol. The number of hydrogen-bond donors (Lipinski definition) is 0. The number of hydrogen-bond acceptors (Lipinski definition) is 4. The molecular formula is C19H15N3O2. The molecule has 0 spiro atoms. The predicted octanol–water partition coefficient (Wildman–Crippen LogP) is 3.26. The standard InChI is InChI=1S/C19H15N3O2/c1-24-19(23)13-22-18(16-9-5-6-14(10-16)12-20)11-17(21-22)15-7-3-2-4-8-15/h2-11H,13H2,1H3. The van der Waals surface area contributed by atoms with Crippen molar-refractivity contribution in [1.82, 2.24) is 9.78 Å². The van der Waals surface area contributed by atoms with E-state index in [9.17, 15) is 4.79 Å². The molecule has 0 atom stereocenters. The van der Waals surface area contributed by atoms with Gasteiger partial charge in [-0.3, -0.25) is 9.48 Å². The molecule has 0 saturated heterocycles. The fraction of sp³-hybridized carbons (Fsp3) is 0.105. The van der Waals surface area contributed by atoms with Gasteiger partial charge >= 0.3 is 5.97 Å². The number of ether oxygens (including phenoxy) is 1. The van der Waals surface area contributed by atoms with E-state index in [-0.39, 0.29) is 12.5 Å². The van der Waals surface area contributed by atoms with E-state index in [1.807, 2.05) is 48.5 Å². The highest BCUT2D eigenvalue weighted by Gasteiger charge is 2.14. The molecule has 0 aliphatic heterocycles. The lowest BCUT2D eigenvalue weighted by molar-refractivity contribution is -0.141. The smallest absolute Gasteiger partial charge is 0.327 e. The maximum Gasteiger partial charge on any atom is 0.327 e. The lowest BCUT2D eigenvalue weighted by Gasteiger charge is -2.06. The van der Waals surface area contributed by atoms with Crippen molar-refractivity contribution in [2.75, 3.05) is 7.11 Å². The molecule has 3 aromatic rings. The maximum atomic E-state index is 11.7. The Morgan fingerprint density at radius 3 is 2.58 bits per heavy atom. The average molecular weight is 317 g/mol. The van der Waals surface area contributed by atoms with Gasteiger partial charge in [-0.25, -0.2) is 0 Å². The first-order valence-electron chi connectivity index (χ1n) is 7.42. The Hall–Kier alpha value is -3.39. The van der Waals surface area contributed by atoms with Crippen LogP contribution in [0.15, 0.2) is 60.7 Å². The Balaban J connectivity index is 2.10. The van der Waals surface area contributed by atoms with Gasteiger partial charge in [0.25, 0.3) is 0 Å². The number of carbonyl (C=O) groups is 1. The first kappa shape index (κ1) is 15.5. The summed E-state index contributed by atoms with van der Waals surface area (Å²) in [5.41, 5.74) is 3.86.